The predicted octanol–water partition coefficient (Wildman–Crippen LogP) is 3.31. The van der Waals surface area contributed by atoms with Crippen molar-refractivity contribution in [3.05, 3.63) is 35.9 Å². The van der Waals surface area contributed by atoms with Gasteiger partial charge in [-0.3, -0.25) is 0 Å². The van der Waals surface area contributed by atoms with E-state index in [-0.39, 0.29) is 6.61 Å². The quantitative estimate of drug-likeness (QED) is 0.451. The molecule has 0 saturated carbocycles. The lowest BCUT2D eigenvalue weighted by molar-refractivity contribution is 0.194. The number of nitrogens with one attached hydrogen (secondary N) is 1. The highest BCUT2D eigenvalue weighted by molar-refractivity contribution is 7.97. The van der Waals surface area contributed by atoms with Gasteiger partial charge in [0.1, 0.15) is 0 Å². The SMILES string of the molecule is CC(C)CN(CCCNC(=O)O)Sc1ccc(/C=C/CO)cc1. The molecule has 0 aliphatic heterocycles. The average molecular weight is 338 g/mol. The van der Waals surface area contributed by atoms with Crippen LogP contribution in [-0.4, -0.2) is 46.9 Å². The van der Waals surface area contributed by atoms with E-state index in [1.807, 2.05) is 18.2 Å². The summed E-state index contributed by atoms with van der Waals surface area (Å²) in [6.07, 6.45) is 3.41. The van der Waals surface area contributed by atoms with Crippen molar-refractivity contribution in [1.29, 1.82) is 0 Å². The number of amides is 1. The Morgan fingerprint density at radius 1 is 1.35 bits per heavy atom. The van der Waals surface area contributed by atoms with Crippen LogP contribution in [0.4, 0.5) is 4.79 Å². The standard InChI is InChI=1S/C17H26N2O3S/c1-14(2)13-19(11-4-10-18-17(21)22)23-16-8-6-15(7-9-16)5-3-12-20/h3,5-9,14,18,20H,4,10-13H2,1-2H3,(H,21,22)/b5-3+. The van der Waals surface area contributed by atoms with Gasteiger partial charge in [-0.1, -0.05) is 38.1 Å². The van der Waals surface area contributed by atoms with Crippen molar-refractivity contribution in [1.82, 2.24) is 9.62 Å². The van der Waals surface area contributed by atoms with Crippen molar-refractivity contribution in [2.45, 2.75) is 25.2 Å². The number of hydrogen-bond acceptors (Lipinski definition) is 4. The first-order chi connectivity index (χ1) is 11.0. The number of hydrogen-bond donors (Lipinski definition) is 3. The van der Waals surface area contributed by atoms with E-state index in [1.165, 1.54) is 0 Å². The van der Waals surface area contributed by atoms with Gasteiger partial charge in [0.2, 0.25) is 0 Å². The van der Waals surface area contributed by atoms with Gasteiger partial charge in [-0.15, -0.1) is 0 Å². The van der Waals surface area contributed by atoms with Crippen molar-refractivity contribution in [2.24, 2.45) is 5.92 Å². The molecule has 23 heavy (non-hydrogen) atoms. The Morgan fingerprint density at radius 2 is 2.04 bits per heavy atom. The number of rotatable bonds is 10. The maximum absolute atomic E-state index is 10.5. The topological polar surface area (TPSA) is 72.8 Å². The van der Waals surface area contributed by atoms with Crippen LogP contribution >= 0.6 is 11.9 Å². The zero-order chi connectivity index (χ0) is 17.1. The predicted molar refractivity (Wildman–Crippen MR) is 95.5 cm³/mol. The number of nitrogens with zero attached hydrogens (tertiary/aromatic N) is 1. The van der Waals surface area contributed by atoms with E-state index in [0.717, 1.165) is 30.0 Å². The Labute approximate surface area is 142 Å². The molecule has 0 atom stereocenters. The van der Waals surface area contributed by atoms with Crippen molar-refractivity contribution in [3.8, 4) is 0 Å². The highest BCUT2D eigenvalue weighted by atomic mass is 32.2. The highest BCUT2D eigenvalue weighted by Gasteiger charge is 2.09. The Hall–Kier alpha value is -1.50. The average Bonchev–Trinajstić information content (AvgIpc) is 2.50. The van der Waals surface area contributed by atoms with Gasteiger partial charge in [0, 0.05) is 24.5 Å². The molecule has 5 nitrogen and oxygen atoms in total. The van der Waals surface area contributed by atoms with E-state index < -0.39 is 6.09 Å². The van der Waals surface area contributed by atoms with Crippen LogP contribution < -0.4 is 5.32 Å². The molecule has 128 valence electrons. The van der Waals surface area contributed by atoms with Crippen LogP contribution in [0, 0.1) is 5.92 Å². The Morgan fingerprint density at radius 3 is 2.61 bits per heavy atom. The summed E-state index contributed by atoms with van der Waals surface area (Å²) in [5.74, 6) is 0.543. The molecular weight excluding hydrogens is 312 g/mol. The lowest BCUT2D eigenvalue weighted by Gasteiger charge is -2.23. The van der Waals surface area contributed by atoms with Gasteiger partial charge in [-0.2, -0.15) is 0 Å². The molecular formula is C17H26N2O3S. The molecule has 0 unspecified atom stereocenters. The zero-order valence-corrected chi connectivity index (χ0v) is 14.6. The second-order valence-corrected chi connectivity index (χ2v) is 6.78. The fourth-order valence-corrected chi connectivity index (χ4v) is 3.16. The molecule has 0 bridgehead atoms. The fraction of sp³-hybridized carbons (Fsp3) is 0.471. The molecule has 1 amide bonds. The maximum atomic E-state index is 10.5. The minimum absolute atomic E-state index is 0.0447. The van der Waals surface area contributed by atoms with Crippen molar-refractivity contribution >= 4 is 24.1 Å². The molecule has 0 aliphatic carbocycles. The summed E-state index contributed by atoms with van der Waals surface area (Å²) in [4.78, 5) is 11.6. The van der Waals surface area contributed by atoms with Gasteiger partial charge < -0.3 is 15.5 Å². The van der Waals surface area contributed by atoms with E-state index >= 15 is 0 Å². The lowest BCUT2D eigenvalue weighted by atomic mass is 10.2. The number of benzene rings is 1. The normalized spacial score (nSPS) is 11.5. The monoisotopic (exact) mass is 338 g/mol. The van der Waals surface area contributed by atoms with Gasteiger partial charge >= 0.3 is 6.09 Å². The Bertz CT molecular complexity index is 489. The van der Waals surface area contributed by atoms with Gasteiger partial charge in [0.05, 0.1) is 6.61 Å². The largest absolute Gasteiger partial charge is 0.465 e. The first-order valence-electron chi connectivity index (χ1n) is 7.78. The Kier molecular flexibility index (Phi) is 9.43. The first kappa shape index (κ1) is 19.5. The number of carbonyl (C=O) groups is 1. The lowest BCUT2D eigenvalue weighted by Crippen LogP contribution is -2.27. The van der Waals surface area contributed by atoms with E-state index in [4.69, 9.17) is 10.2 Å². The van der Waals surface area contributed by atoms with Crippen LogP contribution in [0.1, 0.15) is 25.8 Å². The third kappa shape index (κ3) is 9.28. The molecule has 0 aromatic heterocycles. The summed E-state index contributed by atoms with van der Waals surface area (Å²) in [7, 11) is 0. The first-order valence-corrected chi connectivity index (χ1v) is 8.55. The van der Waals surface area contributed by atoms with Crippen molar-refractivity contribution in [2.75, 3.05) is 26.2 Å². The number of carboxylic acid groups (broad SMARTS) is 1. The molecule has 1 aromatic rings. The molecule has 0 heterocycles. The van der Waals surface area contributed by atoms with Crippen LogP contribution in [0.5, 0.6) is 0 Å². The van der Waals surface area contributed by atoms with Crippen molar-refractivity contribution in [3.63, 3.8) is 0 Å². The Balaban J connectivity index is 2.54. The molecule has 1 rings (SSSR count). The number of aliphatic hydroxyl groups excluding tert-OH is 1. The van der Waals surface area contributed by atoms with E-state index in [9.17, 15) is 4.79 Å². The molecule has 3 N–H and O–H groups in total. The van der Waals surface area contributed by atoms with Crippen LogP contribution in [0.15, 0.2) is 35.2 Å². The minimum atomic E-state index is -0.973. The summed E-state index contributed by atoms with van der Waals surface area (Å²) >= 11 is 1.69. The molecule has 0 radical (unpaired) electrons. The fourth-order valence-electron chi connectivity index (χ4n) is 2.01. The smallest absolute Gasteiger partial charge is 0.404 e. The molecule has 0 aliphatic rings. The maximum Gasteiger partial charge on any atom is 0.404 e. The molecule has 0 fully saturated rings. The summed E-state index contributed by atoms with van der Waals surface area (Å²) in [6.45, 7) is 6.63. The third-order valence-electron chi connectivity index (χ3n) is 2.96. The third-order valence-corrected chi connectivity index (χ3v) is 4.03. The van der Waals surface area contributed by atoms with Crippen LogP contribution in [0.25, 0.3) is 6.08 Å². The van der Waals surface area contributed by atoms with Crippen LogP contribution in [-0.2, 0) is 0 Å². The zero-order valence-electron chi connectivity index (χ0n) is 13.7. The molecule has 0 saturated heterocycles. The van der Waals surface area contributed by atoms with E-state index in [0.29, 0.717) is 12.5 Å². The van der Waals surface area contributed by atoms with E-state index in [2.05, 4.69) is 35.6 Å². The van der Waals surface area contributed by atoms with Gasteiger partial charge in [-0.25, -0.2) is 9.10 Å². The summed E-state index contributed by atoms with van der Waals surface area (Å²) < 4.78 is 2.27. The second-order valence-electron chi connectivity index (χ2n) is 5.61. The van der Waals surface area contributed by atoms with Crippen molar-refractivity contribution < 1.29 is 15.0 Å². The van der Waals surface area contributed by atoms with E-state index in [1.54, 1.807) is 18.0 Å². The molecule has 1 aromatic carbocycles. The van der Waals surface area contributed by atoms with Gasteiger partial charge in [0.15, 0.2) is 0 Å². The van der Waals surface area contributed by atoms with Gasteiger partial charge in [0.25, 0.3) is 0 Å². The summed E-state index contributed by atoms with van der Waals surface area (Å²) in [6, 6.07) is 8.16. The van der Waals surface area contributed by atoms with Crippen LogP contribution in [0.2, 0.25) is 0 Å². The summed E-state index contributed by atoms with van der Waals surface area (Å²) in [5, 5.41) is 19.8. The molecule has 6 heteroatoms. The minimum Gasteiger partial charge on any atom is -0.465 e. The highest BCUT2D eigenvalue weighted by Crippen LogP contribution is 2.24. The van der Waals surface area contributed by atoms with Crippen LogP contribution in [0.3, 0.4) is 0 Å². The number of aliphatic hydroxyl groups is 1. The second kappa shape index (κ2) is 11.1. The summed E-state index contributed by atoms with van der Waals surface area (Å²) in [5.41, 5.74) is 1.06. The molecule has 0 spiro atoms. The van der Waals surface area contributed by atoms with Gasteiger partial charge in [-0.05, 0) is 42.0 Å².